The van der Waals surface area contributed by atoms with Gasteiger partial charge in [-0.15, -0.1) is 11.3 Å². The summed E-state index contributed by atoms with van der Waals surface area (Å²) in [4.78, 5) is 4.24. The highest BCUT2D eigenvalue weighted by Gasteiger charge is 2.13. The predicted octanol–water partition coefficient (Wildman–Crippen LogP) is 2.42. The monoisotopic (exact) mass is 196 g/mol. The van der Waals surface area contributed by atoms with Crippen LogP contribution in [0.25, 0.3) is 0 Å². The quantitative estimate of drug-likeness (QED) is 0.800. The highest BCUT2D eigenvalue weighted by atomic mass is 32.1. The van der Waals surface area contributed by atoms with E-state index < -0.39 is 0 Å². The van der Waals surface area contributed by atoms with Gasteiger partial charge in [-0.3, -0.25) is 0 Å². The molecule has 2 nitrogen and oxygen atoms in total. The van der Waals surface area contributed by atoms with Gasteiger partial charge in [-0.25, -0.2) is 4.98 Å². The molecule has 0 amide bonds. The van der Waals surface area contributed by atoms with Gasteiger partial charge in [-0.1, -0.05) is 12.8 Å². The van der Waals surface area contributed by atoms with Crippen LogP contribution in [0.3, 0.4) is 0 Å². The van der Waals surface area contributed by atoms with Gasteiger partial charge >= 0.3 is 0 Å². The van der Waals surface area contributed by atoms with E-state index in [1.165, 1.54) is 37.2 Å². The Morgan fingerprint density at radius 1 is 1.46 bits per heavy atom. The van der Waals surface area contributed by atoms with E-state index >= 15 is 0 Å². The van der Waals surface area contributed by atoms with Crippen molar-refractivity contribution in [1.29, 1.82) is 0 Å². The number of aromatic nitrogens is 1. The van der Waals surface area contributed by atoms with Crippen molar-refractivity contribution in [2.24, 2.45) is 5.92 Å². The molecule has 1 heterocycles. The Hall–Kier alpha value is -0.410. The van der Waals surface area contributed by atoms with E-state index in [0.717, 1.165) is 12.5 Å². The van der Waals surface area contributed by atoms with E-state index in [1.54, 1.807) is 11.3 Å². The third-order valence-corrected chi connectivity index (χ3v) is 3.45. The Bertz CT molecular complexity index is 227. The van der Waals surface area contributed by atoms with Crippen LogP contribution in [-0.4, -0.2) is 11.5 Å². The molecule has 72 valence electrons. The van der Waals surface area contributed by atoms with Crippen LogP contribution in [0, 0.1) is 5.92 Å². The van der Waals surface area contributed by atoms with E-state index in [1.807, 2.05) is 11.6 Å². The smallest absolute Gasteiger partial charge is 0.106 e. The third kappa shape index (κ3) is 2.78. The van der Waals surface area contributed by atoms with E-state index in [0.29, 0.717) is 0 Å². The van der Waals surface area contributed by atoms with E-state index in [2.05, 4.69) is 10.3 Å². The van der Waals surface area contributed by atoms with Crippen molar-refractivity contribution in [3.8, 4) is 0 Å². The minimum atomic E-state index is 0.931. The van der Waals surface area contributed by atoms with Crippen LogP contribution in [-0.2, 0) is 6.54 Å². The average molecular weight is 196 g/mol. The molecular formula is C10H16N2S. The Labute approximate surface area is 83.4 Å². The molecule has 2 rings (SSSR count). The van der Waals surface area contributed by atoms with Gasteiger partial charge in [-0.2, -0.15) is 0 Å². The van der Waals surface area contributed by atoms with Crippen molar-refractivity contribution in [2.45, 2.75) is 32.2 Å². The normalized spacial score (nSPS) is 18.2. The van der Waals surface area contributed by atoms with Crippen LogP contribution in [0.15, 0.2) is 11.6 Å². The van der Waals surface area contributed by atoms with Gasteiger partial charge in [0.1, 0.15) is 5.01 Å². The van der Waals surface area contributed by atoms with E-state index in [9.17, 15) is 0 Å². The molecule has 3 heteroatoms. The minimum Gasteiger partial charge on any atom is -0.310 e. The fraction of sp³-hybridized carbons (Fsp3) is 0.700. The first-order valence-electron chi connectivity index (χ1n) is 5.04. The van der Waals surface area contributed by atoms with Crippen LogP contribution >= 0.6 is 11.3 Å². The maximum atomic E-state index is 4.24. The summed E-state index contributed by atoms with van der Waals surface area (Å²) < 4.78 is 0. The van der Waals surface area contributed by atoms with E-state index in [4.69, 9.17) is 0 Å². The SMILES string of the molecule is c1csc(CNCC2CCCC2)n1. The first kappa shape index (κ1) is 9.16. The first-order valence-corrected chi connectivity index (χ1v) is 5.92. The highest BCUT2D eigenvalue weighted by molar-refractivity contribution is 7.09. The highest BCUT2D eigenvalue weighted by Crippen LogP contribution is 2.23. The van der Waals surface area contributed by atoms with Gasteiger partial charge in [0.05, 0.1) is 0 Å². The summed E-state index contributed by atoms with van der Waals surface area (Å²) >= 11 is 1.73. The van der Waals surface area contributed by atoms with Crippen molar-refractivity contribution in [3.05, 3.63) is 16.6 Å². The molecule has 1 aromatic rings. The molecule has 0 aliphatic heterocycles. The summed E-state index contributed by atoms with van der Waals surface area (Å²) in [7, 11) is 0. The Morgan fingerprint density at radius 3 is 3.00 bits per heavy atom. The summed E-state index contributed by atoms with van der Waals surface area (Å²) in [5.41, 5.74) is 0. The molecule has 1 N–H and O–H groups in total. The second-order valence-corrected chi connectivity index (χ2v) is 4.69. The molecular weight excluding hydrogens is 180 g/mol. The predicted molar refractivity (Wildman–Crippen MR) is 55.8 cm³/mol. The van der Waals surface area contributed by atoms with Gasteiger partial charge in [0, 0.05) is 18.1 Å². The second-order valence-electron chi connectivity index (χ2n) is 3.71. The molecule has 1 fully saturated rings. The molecule has 1 aromatic heterocycles. The molecule has 1 aliphatic carbocycles. The zero-order valence-corrected chi connectivity index (χ0v) is 8.65. The van der Waals surface area contributed by atoms with E-state index in [-0.39, 0.29) is 0 Å². The lowest BCUT2D eigenvalue weighted by atomic mass is 10.1. The Morgan fingerprint density at radius 2 is 2.31 bits per heavy atom. The Kier molecular flexibility index (Phi) is 3.33. The van der Waals surface area contributed by atoms with Crippen molar-refractivity contribution < 1.29 is 0 Å². The fourth-order valence-electron chi connectivity index (χ4n) is 1.94. The standard InChI is InChI=1S/C10H16N2S/c1-2-4-9(3-1)7-11-8-10-12-5-6-13-10/h5-6,9,11H,1-4,7-8H2. The average Bonchev–Trinajstić information content (AvgIpc) is 2.75. The minimum absolute atomic E-state index is 0.931. The van der Waals surface area contributed by atoms with Crippen LogP contribution in [0.2, 0.25) is 0 Å². The van der Waals surface area contributed by atoms with Gasteiger partial charge in [-0.05, 0) is 25.3 Å². The topological polar surface area (TPSA) is 24.9 Å². The molecule has 13 heavy (non-hydrogen) atoms. The zero-order valence-electron chi connectivity index (χ0n) is 7.83. The van der Waals surface area contributed by atoms with Gasteiger partial charge in [0.2, 0.25) is 0 Å². The molecule has 0 saturated heterocycles. The summed E-state index contributed by atoms with van der Waals surface area (Å²) in [6.07, 6.45) is 7.58. The zero-order chi connectivity index (χ0) is 8.93. The second kappa shape index (κ2) is 4.72. The van der Waals surface area contributed by atoms with Crippen molar-refractivity contribution in [1.82, 2.24) is 10.3 Å². The summed E-state index contributed by atoms with van der Waals surface area (Å²) in [5.74, 6) is 0.931. The lowest BCUT2D eigenvalue weighted by molar-refractivity contribution is 0.489. The Balaban J connectivity index is 1.63. The van der Waals surface area contributed by atoms with Crippen LogP contribution in [0.4, 0.5) is 0 Å². The molecule has 0 spiro atoms. The molecule has 1 aliphatic rings. The first-order chi connectivity index (χ1) is 6.45. The maximum Gasteiger partial charge on any atom is 0.106 e. The third-order valence-electron chi connectivity index (χ3n) is 2.67. The summed E-state index contributed by atoms with van der Waals surface area (Å²) in [6, 6.07) is 0. The summed E-state index contributed by atoms with van der Waals surface area (Å²) in [5, 5.41) is 6.72. The number of hydrogen-bond donors (Lipinski definition) is 1. The summed E-state index contributed by atoms with van der Waals surface area (Å²) in [6.45, 7) is 2.13. The van der Waals surface area contributed by atoms with Gasteiger partial charge in [0.15, 0.2) is 0 Å². The molecule has 0 aromatic carbocycles. The lowest BCUT2D eigenvalue weighted by Crippen LogP contribution is -2.20. The van der Waals surface area contributed by atoms with Crippen molar-refractivity contribution in [3.63, 3.8) is 0 Å². The molecule has 0 radical (unpaired) electrons. The van der Waals surface area contributed by atoms with Gasteiger partial charge in [0.25, 0.3) is 0 Å². The van der Waals surface area contributed by atoms with Crippen molar-refractivity contribution in [2.75, 3.05) is 6.54 Å². The number of thiazole rings is 1. The van der Waals surface area contributed by atoms with Crippen LogP contribution in [0.1, 0.15) is 30.7 Å². The largest absolute Gasteiger partial charge is 0.310 e. The van der Waals surface area contributed by atoms with Gasteiger partial charge < -0.3 is 5.32 Å². The number of rotatable bonds is 4. The fourth-order valence-corrected chi connectivity index (χ4v) is 2.52. The molecule has 0 atom stereocenters. The molecule has 1 saturated carbocycles. The number of nitrogens with zero attached hydrogens (tertiary/aromatic N) is 1. The van der Waals surface area contributed by atoms with Crippen LogP contribution < -0.4 is 5.32 Å². The molecule has 0 unspecified atom stereocenters. The van der Waals surface area contributed by atoms with Crippen molar-refractivity contribution >= 4 is 11.3 Å². The number of nitrogens with one attached hydrogen (secondary N) is 1. The number of hydrogen-bond acceptors (Lipinski definition) is 3. The molecule has 0 bridgehead atoms. The maximum absolute atomic E-state index is 4.24. The lowest BCUT2D eigenvalue weighted by Gasteiger charge is -2.08. The van der Waals surface area contributed by atoms with Crippen LogP contribution in [0.5, 0.6) is 0 Å².